The van der Waals surface area contributed by atoms with Crippen LogP contribution < -0.4 is 9.64 Å². The maximum Gasteiger partial charge on any atom is 0.416 e. The lowest BCUT2D eigenvalue weighted by Crippen LogP contribution is -2.29. The van der Waals surface area contributed by atoms with Gasteiger partial charge in [0, 0.05) is 23.2 Å². The van der Waals surface area contributed by atoms with E-state index in [0.717, 1.165) is 12.1 Å². The minimum atomic E-state index is -4.47. The van der Waals surface area contributed by atoms with Crippen LogP contribution in [0.5, 0.6) is 11.5 Å². The van der Waals surface area contributed by atoms with Gasteiger partial charge in [0.15, 0.2) is 0 Å². The number of benzene rings is 3. The third-order valence-electron chi connectivity index (χ3n) is 5.88. The number of aliphatic hydroxyl groups is 1. The number of halogens is 4. The van der Waals surface area contributed by atoms with Crippen LogP contribution >= 0.6 is 11.6 Å². The molecule has 3 aromatic carbocycles. The third-order valence-corrected chi connectivity index (χ3v) is 6.13. The maximum atomic E-state index is 13.3. The van der Waals surface area contributed by atoms with Gasteiger partial charge in [0.1, 0.15) is 11.5 Å². The van der Waals surface area contributed by atoms with Crippen molar-refractivity contribution in [1.82, 2.24) is 0 Å². The van der Waals surface area contributed by atoms with Crippen LogP contribution in [-0.2, 0) is 11.0 Å². The van der Waals surface area contributed by atoms with Crippen molar-refractivity contribution in [3.05, 3.63) is 88.9 Å². The van der Waals surface area contributed by atoms with E-state index in [1.807, 2.05) is 0 Å². The van der Waals surface area contributed by atoms with Gasteiger partial charge in [-0.05, 0) is 85.5 Å². The molecule has 1 amide bonds. The van der Waals surface area contributed by atoms with Gasteiger partial charge in [0.25, 0.3) is 0 Å². The zero-order valence-electron chi connectivity index (χ0n) is 18.1. The summed E-state index contributed by atoms with van der Waals surface area (Å²) in [4.78, 5) is 14.8. The molecule has 0 saturated carbocycles. The monoisotopic (exact) mass is 489 g/mol. The molecule has 1 N–H and O–H groups in total. The highest BCUT2D eigenvalue weighted by molar-refractivity contribution is 6.30. The van der Waals surface area contributed by atoms with Crippen molar-refractivity contribution in [3.8, 4) is 11.5 Å². The molecule has 0 aromatic heterocycles. The van der Waals surface area contributed by atoms with Gasteiger partial charge in [-0.25, -0.2) is 0 Å². The number of amides is 1. The number of ether oxygens (including phenoxy) is 1. The second-order valence-corrected chi connectivity index (χ2v) is 8.63. The van der Waals surface area contributed by atoms with Gasteiger partial charge in [-0.15, -0.1) is 0 Å². The van der Waals surface area contributed by atoms with Crippen molar-refractivity contribution in [3.63, 3.8) is 0 Å². The van der Waals surface area contributed by atoms with Crippen LogP contribution in [0.15, 0.2) is 72.8 Å². The van der Waals surface area contributed by atoms with E-state index in [1.165, 1.54) is 6.07 Å². The van der Waals surface area contributed by atoms with E-state index >= 15 is 0 Å². The number of hydrogen-bond donors (Lipinski definition) is 1. The van der Waals surface area contributed by atoms with Gasteiger partial charge < -0.3 is 14.7 Å². The molecule has 1 aliphatic heterocycles. The largest absolute Gasteiger partial charge is 0.457 e. The summed E-state index contributed by atoms with van der Waals surface area (Å²) in [5.74, 6) is 0.601. The van der Waals surface area contributed by atoms with Gasteiger partial charge in [0.2, 0.25) is 5.91 Å². The van der Waals surface area contributed by atoms with Crippen molar-refractivity contribution in [2.75, 3.05) is 11.5 Å². The Balaban J connectivity index is 1.62. The fourth-order valence-electron chi connectivity index (χ4n) is 4.23. The lowest BCUT2D eigenvalue weighted by Gasteiger charge is -2.26. The van der Waals surface area contributed by atoms with E-state index in [0.29, 0.717) is 47.0 Å². The minimum Gasteiger partial charge on any atom is -0.457 e. The molecule has 0 bridgehead atoms. The highest BCUT2D eigenvalue weighted by atomic mass is 35.5. The van der Waals surface area contributed by atoms with Crippen LogP contribution in [-0.4, -0.2) is 17.6 Å². The summed E-state index contributed by atoms with van der Waals surface area (Å²) in [7, 11) is 0. The SMILES string of the molecule is O=C1[C@@H](CCCO)C[C@H](c2cccc(C(F)(F)F)c2)N1c1ccc(Oc2ccc(Cl)cc2)cc1. The number of nitrogens with zero attached hydrogens (tertiary/aromatic N) is 1. The summed E-state index contributed by atoms with van der Waals surface area (Å²) in [6.07, 6.45) is -3.17. The van der Waals surface area contributed by atoms with Crippen molar-refractivity contribution in [2.45, 2.75) is 31.5 Å². The highest BCUT2D eigenvalue weighted by Gasteiger charge is 2.41. The Morgan fingerprint density at radius 3 is 2.26 bits per heavy atom. The fraction of sp³-hybridized carbons (Fsp3) is 0.269. The molecule has 0 spiro atoms. The molecular weight excluding hydrogens is 467 g/mol. The number of hydrogen-bond acceptors (Lipinski definition) is 3. The fourth-order valence-corrected chi connectivity index (χ4v) is 4.36. The summed E-state index contributed by atoms with van der Waals surface area (Å²) >= 11 is 5.89. The van der Waals surface area contributed by atoms with E-state index in [4.69, 9.17) is 16.3 Å². The van der Waals surface area contributed by atoms with Crippen LogP contribution in [0.4, 0.5) is 18.9 Å². The number of anilines is 1. The Kier molecular flexibility index (Phi) is 7.14. The standard InChI is InChI=1S/C26H23ClF3NO3/c27-20-6-10-22(11-7-20)34-23-12-8-21(9-13-23)31-24(16-18(25(31)33)4-2-14-32)17-3-1-5-19(15-17)26(28,29)30/h1,3,5-13,15,18,24,32H,2,4,14,16H2/t18-,24+/m0/s1. The molecule has 1 saturated heterocycles. The zero-order chi connectivity index (χ0) is 24.3. The van der Waals surface area contributed by atoms with Crippen molar-refractivity contribution in [2.24, 2.45) is 5.92 Å². The van der Waals surface area contributed by atoms with Crippen LogP contribution in [0.3, 0.4) is 0 Å². The lowest BCUT2D eigenvalue weighted by molar-refractivity contribution is -0.137. The molecule has 1 fully saturated rings. The Bertz CT molecular complexity index is 1130. The molecule has 2 atom stereocenters. The quantitative estimate of drug-likeness (QED) is 0.388. The molecule has 0 radical (unpaired) electrons. The van der Waals surface area contributed by atoms with E-state index < -0.39 is 17.8 Å². The first-order chi connectivity index (χ1) is 16.3. The summed E-state index contributed by atoms with van der Waals surface area (Å²) in [5.41, 5.74) is 0.251. The van der Waals surface area contributed by atoms with Crippen molar-refractivity contribution in [1.29, 1.82) is 0 Å². The first-order valence-electron chi connectivity index (χ1n) is 10.9. The predicted octanol–water partition coefficient (Wildman–Crippen LogP) is 7.02. The summed E-state index contributed by atoms with van der Waals surface area (Å²) in [6.45, 7) is -0.0469. The zero-order valence-corrected chi connectivity index (χ0v) is 18.9. The number of carbonyl (C=O) groups is 1. The number of aliphatic hydroxyl groups excluding tert-OH is 1. The molecule has 4 nitrogen and oxygen atoms in total. The predicted molar refractivity (Wildman–Crippen MR) is 124 cm³/mol. The first-order valence-corrected chi connectivity index (χ1v) is 11.3. The molecule has 3 aromatic rings. The number of alkyl halides is 3. The molecule has 1 heterocycles. The molecule has 0 unspecified atom stereocenters. The smallest absolute Gasteiger partial charge is 0.416 e. The second-order valence-electron chi connectivity index (χ2n) is 8.20. The molecule has 0 aliphatic carbocycles. The van der Waals surface area contributed by atoms with Crippen molar-refractivity contribution < 1.29 is 27.8 Å². The van der Waals surface area contributed by atoms with Gasteiger partial charge in [0.05, 0.1) is 11.6 Å². The summed E-state index contributed by atoms with van der Waals surface area (Å²) in [6, 6.07) is 18.3. The molecule has 34 heavy (non-hydrogen) atoms. The average molecular weight is 490 g/mol. The Labute approximate surface area is 200 Å². The van der Waals surface area contributed by atoms with E-state index in [9.17, 15) is 23.1 Å². The van der Waals surface area contributed by atoms with Crippen LogP contribution in [0.2, 0.25) is 5.02 Å². The topological polar surface area (TPSA) is 49.8 Å². The third kappa shape index (κ3) is 5.37. The van der Waals surface area contributed by atoms with E-state index in [1.54, 1.807) is 59.5 Å². The molecule has 8 heteroatoms. The first kappa shape index (κ1) is 24.1. The minimum absolute atomic E-state index is 0.0469. The van der Waals surface area contributed by atoms with Gasteiger partial charge >= 0.3 is 6.18 Å². The molecule has 4 rings (SSSR count). The maximum absolute atomic E-state index is 13.3. The van der Waals surface area contributed by atoms with Gasteiger partial charge in [-0.1, -0.05) is 23.7 Å². The normalized spacial score (nSPS) is 18.4. The lowest BCUT2D eigenvalue weighted by atomic mass is 9.95. The van der Waals surface area contributed by atoms with E-state index in [2.05, 4.69) is 0 Å². The van der Waals surface area contributed by atoms with Crippen LogP contribution in [0, 0.1) is 5.92 Å². The van der Waals surface area contributed by atoms with Crippen LogP contribution in [0.25, 0.3) is 0 Å². The second kappa shape index (κ2) is 10.1. The van der Waals surface area contributed by atoms with Crippen LogP contribution in [0.1, 0.15) is 36.4 Å². The van der Waals surface area contributed by atoms with Crippen molar-refractivity contribution >= 4 is 23.2 Å². The summed E-state index contributed by atoms with van der Waals surface area (Å²) in [5, 5.41) is 9.79. The Morgan fingerprint density at radius 2 is 1.65 bits per heavy atom. The Hall–Kier alpha value is -3.03. The average Bonchev–Trinajstić information content (AvgIpc) is 3.15. The van der Waals surface area contributed by atoms with Gasteiger partial charge in [-0.2, -0.15) is 13.2 Å². The van der Waals surface area contributed by atoms with Gasteiger partial charge in [-0.3, -0.25) is 4.79 Å². The van der Waals surface area contributed by atoms with E-state index in [-0.39, 0.29) is 18.4 Å². The summed E-state index contributed by atoms with van der Waals surface area (Å²) < 4.78 is 45.7. The number of rotatable bonds is 7. The number of carbonyl (C=O) groups excluding carboxylic acids is 1. The highest BCUT2D eigenvalue weighted by Crippen LogP contribution is 2.43. The molecular formula is C26H23ClF3NO3. The molecule has 1 aliphatic rings. The molecule has 178 valence electrons. The Morgan fingerprint density at radius 1 is 1.00 bits per heavy atom.